The van der Waals surface area contributed by atoms with Crippen molar-refractivity contribution in [1.29, 1.82) is 0 Å². The van der Waals surface area contributed by atoms with Crippen molar-refractivity contribution in [3.63, 3.8) is 0 Å². The minimum Gasteiger partial charge on any atom is 1.00 e. The SMILES string of the molecule is [H-].[I][Hg][I].[K+]. The molecule has 0 atom stereocenters. The van der Waals surface area contributed by atoms with Crippen molar-refractivity contribution < 1.29 is 68.7 Å². The van der Waals surface area contributed by atoms with Crippen molar-refractivity contribution in [2.75, 3.05) is 0 Å². The normalized spacial score (nSPS) is 2.50. The van der Waals surface area contributed by atoms with Crippen LogP contribution in [0.5, 0.6) is 0 Å². The smallest absolute Gasteiger partial charge is 1.00 e. The van der Waals surface area contributed by atoms with Crippen molar-refractivity contribution >= 4 is 35.3 Å². The van der Waals surface area contributed by atoms with Gasteiger partial charge >= 0.3 is 103 Å². The summed E-state index contributed by atoms with van der Waals surface area (Å²) in [6.45, 7) is 0. The van der Waals surface area contributed by atoms with Crippen LogP contribution in [0.4, 0.5) is 0 Å². The third kappa shape index (κ3) is 9.39. The van der Waals surface area contributed by atoms with Crippen LogP contribution in [-0.2, 0) is 15.9 Å². The molecule has 0 aromatic rings. The summed E-state index contributed by atoms with van der Waals surface area (Å²) in [5.41, 5.74) is 0. The molecule has 0 aliphatic carbocycles. The van der Waals surface area contributed by atoms with Crippen LogP contribution in [-0.4, -0.2) is 0 Å². The van der Waals surface area contributed by atoms with E-state index in [-0.39, 0.29) is 68.7 Å². The van der Waals surface area contributed by atoms with Crippen molar-refractivity contribution in [1.82, 2.24) is 0 Å². The van der Waals surface area contributed by atoms with Crippen LogP contribution in [0.3, 0.4) is 0 Å². The predicted octanol–water partition coefficient (Wildman–Crippen LogP) is -1.11. The molecular weight excluding hydrogens is 493 g/mol. The molecular formula is HHgI2K. The van der Waals surface area contributed by atoms with Gasteiger partial charge in [-0.2, -0.15) is 0 Å². The minimum absolute atomic E-state index is 0. The van der Waals surface area contributed by atoms with Gasteiger partial charge < -0.3 is 1.43 Å². The van der Waals surface area contributed by atoms with E-state index in [1.54, 1.807) is 0 Å². The van der Waals surface area contributed by atoms with E-state index in [1.165, 1.54) is 0 Å². The van der Waals surface area contributed by atoms with Gasteiger partial charge in [0.25, 0.3) is 0 Å². The van der Waals surface area contributed by atoms with Crippen LogP contribution in [0.25, 0.3) is 0 Å². The molecule has 4 heavy (non-hydrogen) atoms. The molecule has 0 N–H and O–H groups in total. The first-order chi connectivity index (χ1) is 1.41. The van der Waals surface area contributed by atoms with Crippen molar-refractivity contribution in [2.24, 2.45) is 0 Å². The molecule has 0 bridgehead atoms. The monoisotopic (exact) mass is 496 g/mol. The van der Waals surface area contributed by atoms with Gasteiger partial charge in [0.15, 0.2) is 0 Å². The summed E-state index contributed by atoms with van der Waals surface area (Å²) in [6.07, 6.45) is 0. The molecule has 0 aliphatic heterocycles. The summed E-state index contributed by atoms with van der Waals surface area (Å²) in [6, 6.07) is 0. The Labute approximate surface area is 100 Å². The molecule has 0 rings (SSSR count). The molecule has 0 amide bonds. The Kier molecular flexibility index (Phi) is 27.6. The summed E-state index contributed by atoms with van der Waals surface area (Å²) in [4.78, 5) is 0. The number of rotatable bonds is 0. The van der Waals surface area contributed by atoms with E-state index in [2.05, 4.69) is 35.3 Å². The number of hydrogen-bond donors (Lipinski definition) is 0. The van der Waals surface area contributed by atoms with Gasteiger partial charge in [0, 0.05) is 0 Å². The third-order valence-corrected chi connectivity index (χ3v) is 0. The Balaban J connectivity index is -0.0000000200. The molecule has 0 spiro atoms. The van der Waals surface area contributed by atoms with Gasteiger partial charge in [-0.05, 0) is 0 Å². The zero-order valence-corrected chi connectivity index (χ0v) is 15.4. The Bertz CT molecular complexity index is 9.61. The van der Waals surface area contributed by atoms with Gasteiger partial charge in [-0.15, -0.1) is 0 Å². The first-order valence-corrected chi connectivity index (χ1v) is 31.5. The van der Waals surface area contributed by atoms with Gasteiger partial charge in [-0.25, -0.2) is 0 Å². The molecule has 0 aromatic carbocycles. The van der Waals surface area contributed by atoms with Crippen LogP contribution < -0.4 is 51.4 Å². The second-order valence-corrected chi connectivity index (χ2v) is 39.9. The van der Waals surface area contributed by atoms with E-state index >= 15 is 0 Å². The maximum Gasteiger partial charge on any atom is 1.00 e. The Morgan fingerprint density at radius 1 is 1.50 bits per heavy atom. The first kappa shape index (κ1) is 10.9. The quantitative estimate of drug-likeness (QED) is 0.296. The maximum absolute atomic E-state index is 2.50. The molecule has 0 radical (unpaired) electrons. The average Bonchev–Trinajstić information content (AvgIpc) is 0.918. The van der Waals surface area contributed by atoms with E-state index in [0.29, 0.717) is 0 Å². The molecule has 0 fully saturated rings. The fraction of sp³-hybridized carbons (Fsp3) is 0. The third-order valence-electron chi connectivity index (χ3n) is 0. The molecule has 0 aromatic heterocycles. The summed E-state index contributed by atoms with van der Waals surface area (Å²) in [5.74, 6) is 0. The zero-order chi connectivity index (χ0) is 2.71. The molecule has 4 heteroatoms. The Morgan fingerprint density at radius 3 is 1.50 bits per heavy atom. The van der Waals surface area contributed by atoms with Crippen LogP contribution in [0.1, 0.15) is 1.43 Å². The van der Waals surface area contributed by atoms with E-state index in [0.717, 1.165) is 0 Å². The minimum atomic E-state index is -0.143. The summed E-state index contributed by atoms with van der Waals surface area (Å²) in [7, 11) is 0. The molecule has 0 unspecified atom stereocenters. The summed E-state index contributed by atoms with van der Waals surface area (Å²) in [5, 5.41) is 0. The van der Waals surface area contributed by atoms with E-state index in [9.17, 15) is 0 Å². The zero-order valence-electron chi connectivity index (χ0n) is 3.46. The van der Waals surface area contributed by atoms with Gasteiger partial charge in [-0.3, -0.25) is 0 Å². The van der Waals surface area contributed by atoms with Crippen LogP contribution >= 0.6 is 35.3 Å². The molecule has 0 nitrogen and oxygen atoms in total. The fourth-order valence-electron chi connectivity index (χ4n) is 0. The van der Waals surface area contributed by atoms with Crippen molar-refractivity contribution in [2.45, 2.75) is 0 Å². The van der Waals surface area contributed by atoms with Crippen LogP contribution in [0.2, 0.25) is 0 Å². The molecule has 0 saturated carbocycles. The molecule has 0 saturated heterocycles. The molecule has 0 aliphatic rings. The first-order valence-electron chi connectivity index (χ1n) is 0.535. The molecule has 0 heterocycles. The van der Waals surface area contributed by atoms with Gasteiger partial charge in [0.2, 0.25) is 0 Å². The summed E-state index contributed by atoms with van der Waals surface area (Å²) < 4.78 is 0. The van der Waals surface area contributed by atoms with Gasteiger partial charge in [0.05, 0.1) is 0 Å². The van der Waals surface area contributed by atoms with E-state index in [4.69, 9.17) is 0 Å². The Hall–Kier alpha value is 4.03. The average molecular weight is 495 g/mol. The maximum atomic E-state index is 2.50. The van der Waals surface area contributed by atoms with E-state index < -0.39 is 0 Å². The van der Waals surface area contributed by atoms with Crippen molar-refractivity contribution in [3.8, 4) is 0 Å². The standard InChI is InChI=1S/Hg.2HI.K.H/h;2*1H;;/q+2;;;+1;-1/p-2. The topological polar surface area (TPSA) is 0 Å². The number of halogens is 2. The number of hydrogen-bond acceptors (Lipinski definition) is 0. The van der Waals surface area contributed by atoms with Gasteiger partial charge in [0.1, 0.15) is 0 Å². The van der Waals surface area contributed by atoms with E-state index in [1.807, 2.05) is 0 Å². The largest absolute Gasteiger partial charge is 1.00 e. The molecule has 18 valence electrons. The predicted molar refractivity (Wildman–Crippen MR) is 29.2 cm³/mol. The Morgan fingerprint density at radius 2 is 1.50 bits per heavy atom. The van der Waals surface area contributed by atoms with Gasteiger partial charge in [-0.1, -0.05) is 0 Å². The fourth-order valence-corrected chi connectivity index (χ4v) is 0. The van der Waals surface area contributed by atoms with Crippen LogP contribution in [0.15, 0.2) is 0 Å². The second-order valence-electron chi connectivity index (χ2n) is 0.101. The van der Waals surface area contributed by atoms with Crippen molar-refractivity contribution in [3.05, 3.63) is 0 Å². The second kappa shape index (κ2) is 10.1. The summed E-state index contributed by atoms with van der Waals surface area (Å²) >= 11 is 4.85. The van der Waals surface area contributed by atoms with Crippen LogP contribution in [0, 0.1) is 0 Å².